The summed E-state index contributed by atoms with van der Waals surface area (Å²) >= 11 is 14.3. The number of nitrogens with one attached hydrogen (secondary N) is 1. The zero-order valence-corrected chi connectivity index (χ0v) is 21.2. The number of benzene rings is 3. The van der Waals surface area contributed by atoms with Gasteiger partial charge in [-0.1, -0.05) is 95.1 Å². The number of thioether (sulfide) groups is 1. The third-order valence-electron chi connectivity index (χ3n) is 5.23. The molecule has 4 aromatic rings. The lowest BCUT2D eigenvalue weighted by atomic mass is 10.1. The van der Waals surface area contributed by atoms with Crippen LogP contribution < -0.4 is 5.32 Å². The molecule has 0 aliphatic carbocycles. The molecule has 1 N–H and O–H groups in total. The Hall–Kier alpha value is -2.80. The van der Waals surface area contributed by atoms with E-state index >= 15 is 0 Å². The maximum atomic E-state index is 12.7. The number of halogens is 2. The van der Waals surface area contributed by atoms with Gasteiger partial charge in [-0.05, 0) is 43.2 Å². The molecule has 34 heavy (non-hydrogen) atoms. The van der Waals surface area contributed by atoms with Crippen LogP contribution >= 0.6 is 35.0 Å². The minimum Gasteiger partial charge on any atom is -0.346 e. The largest absolute Gasteiger partial charge is 0.346 e. The van der Waals surface area contributed by atoms with Gasteiger partial charge in [-0.2, -0.15) is 0 Å². The van der Waals surface area contributed by atoms with Crippen molar-refractivity contribution in [2.24, 2.45) is 0 Å². The standard InChI is InChI=1S/C26H24Cl2N4OS/c1-17-7-6-10-20(13-17)16-34-26-31-30-25(32(26)23-12-11-21(27)15-22(23)28)18(2)29-24(33)14-19-8-4-3-5-9-19/h3-13,15,18H,14,16H2,1-2H3,(H,29,33). The predicted molar refractivity (Wildman–Crippen MR) is 139 cm³/mol. The van der Waals surface area contributed by atoms with Crippen molar-refractivity contribution in [3.05, 3.63) is 105 Å². The monoisotopic (exact) mass is 510 g/mol. The van der Waals surface area contributed by atoms with Gasteiger partial charge in [0.2, 0.25) is 5.91 Å². The van der Waals surface area contributed by atoms with E-state index in [1.54, 1.807) is 23.9 Å². The highest BCUT2D eigenvalue weighted by Crippen LogP contribution is 2.32. The molecule has 3 aromatic carbocycles. The highest BCUT2D eigenvalue weighted by atomic mass is 35.5. The summed E-state index contributed by atoms with van der Waals surface area (Å²) in [7, 11) is 0. The molecule has 1 aromatic heterocycles. The average Bonchev–Trinajstić information content (AvgIpc) is 3.22. The van der Waals surface area contributed by atoms with E-state index in [2.05, 4.69) is 40.6 Å². The zero-order chi connectivity index (χ0) is 24.1. The Kier molecular flexibility index (Phi) is 7.93. The molecule has 0 fully saturated rings. The first kappa shape index (κ1) is 24.3. The Balaban J connectivity index is 1.61. The summed E-state index contributed by atoms with van der Waals surface area (Å²) in [5, 5.41) is 13.6. The predicted octanol–water partition coefficient (Wildman–Crippen LogP) is 6.59. The molecule has 1 atom stereocenters. The molecular formula is C26H24Cl2N4OS. The number of carbonyl (C=O) groups excluding carboxylic acids is 1. The zero-order valence-electron chi connectivity index (χ0n) is 18.8. The molecule has 0 saturated carbocycles. The van der Waals surface area contributed by atoms with E-state index in [0.717, 1.165) is 11.3 Å². The van der Waals surface area contributed by atoms with Gasteiger partial charge in [0.25, 0.3) is 0 Å². The van der Waals surface area contributed by atoms with E-state index in [1.807, 2.05) is 54.0 Å². The van der Waals surface area contributed by atoms with E-state index < -0.39 is 0 Å². The van der Waals surface area contributed by atoms with Crippen LogP contribution in [0, 0.1) is 6.92 Å². The Morgan fingerprint density at radius 3 is 2.50 bits per heavy atom. The van der Waals surface area contributed by atoms with Gasteiger partial charge in [0.1, 0.15) is 0 Å². The molecule has 5 nitrogen and oxygen atoms in total. The van der Waals surface area contributed by atoms with Crippen LogP contribution in [0.5, 0.6) is 0 Å². The molecule has 0 bridgehead atoms. The van der Waals surface area contributed by atoms with Gasteiger partial charge in [-0.25, -0.2) is 0 Å². The molecule has 0 radical (unpaired) electrons. The second kappa shape index (κ2) is 11.1. The highest BCUT2D eigenvalue weighted by molar-refractivity contribution is 7.98. The van der Waals surface area contributed by atoms with Crippen molar-refractivity contribution in [3.8, 4) is 5.69 Å². The fraction of sp³-hybridized carbons (Fsp3) is 0.192. The van der Waals surface area contributed by atoms with Gasteiger partial charge < -0.3 is 5.32 Å². The van der Waals surface area contributed by atoms with Gasteiger partial charge >= 0.3 is 0 Å². The van der Waals surface area contributed by atoms with Crippen LogP contribution in [0.1, 0.15) is 35.5 Å². The summed E-state index contributed by atoms with van der Waals surface area (Å²) < 4.78 is 1.90. The number of amides is 1. The number of aryl methyl sites for hydroxylation is 1. The lowest BCUT2D eigenvalue weighted by Gasteiger charge is -2.17. The maximum Gasteiger partial charge on any atom is 0.224 e. The summed E-state index contributed by atoms with van der Waals surface area (Å²) in [5.41, 5.74) is 4.05. The van der Waals surface area contributed by atoms with Crippen molar-refractivity contribution in [3.63, 3.8) is 0 Å². The molecule has 174 valence electrons. The van der Waals surface area contributed by atoms with Crippen molar-refractivity contribution in [1.29, 1.82) is 0 Å². The summed E-state index contributed by atoms with van der Waals surface area (Å²) in [5.74, 6) is 1.22. The highest BCUT2D eigenvalue weighted by Gasteiger charge is 2.22. The molecule has 4 rings (SSSR count). The molecule has 0 aliphatic rings. The molecule has 0 aliphatic heterocycles. The summed E-state index contributed by atoms with van der Waals surface area (Å²) in [6.45, 7) is 3.96. The van der Waals surface area contributed by atoms with E-state index in [4.69, 9.17) is 23.2 Å². The van der Waals surface area contributed by atoms with Gasteiger partial charge in [0.15, 0.2) is 11.0 Å². The Morgan fingerprint density at radius 1 is 1.00 bits per heavy atom. The Bertz CT molecular complexity index is 1290. The third kappa shape index (κ3) is 6.00. The molecular weight excluding hydrogens is 487 g/mol. The van der Waals surface area contributed by atoms with Gasteiger partial charge in [-0.15, -0.1) is 10.2 Å². The number of hydrogen-bond acceptors (Lipinski definition) is 4. The van der Waals surface area contributed by atoms with Crippen LogP contribution in [0.15, 0.2) is 78.0 Å². The van der Waals surface area contributed by atoms with E-state index in [-0.39, 0.29) is 18.4 Å². The van der Waals surface area contributed by atoms with Crippen LogP contribution in [-0.4, -0.2) is 20.7 Å². The number of aromatic nitrogens is 3. The lowest BCUT2D eigenvalue weighted by molar-refractivity contribution is -0.121. The van der Waals surface area contributed by atoms with Crippen LogP contribution in [0.3, 0.4) is 0 Å². The fourth-order valence-corrected chi connectivity index (χ4v) is 5.02. The normalized spacial score (nSPS) is 11.9. The number of carbonyl (C=O) groups is 1. The van der Waals surface area contributed by atoms with Crippen molar-refractivity contribution in [2.45, 2.75) is 37.2 Å². The summed E-state index contributed by atoms with van der Waals surface area (Å²) in [4.78, 5) is 12.7. The van der Waals surface area contributed by atoms with Crippen molar-refractivity contribution < 1.29 is 4.79 Å². The average molecular weight is 511 g/mol. The van der Waals surface area contributed by atoms with E-state index in [0.29, 0.717) is 26.7 Å². The lowest BCUT2D eigenvalue weighted by Crippen LogP contribution is -2.30. The Labute approximate surface area is 213 Å². The van der Waals surface area contributed by atoms with Crippen molar-refractivity contribution in [2.75, 3.05) is 0 Å². The van der Waals surface area contributed by atoms with Crippen molar-refractivity contribution in [1.82, 2.24) is 20.1 Å². The topological polar surface area (TPSA) is 59.8 Å². The quantitative estimate of drug-likeness (QED) is 0.271. The first-order valence-corrected chi connectivity index (χ1v) is 12.6. The number of rotatable bonds is 8. The molecule has 0 saturated heterocycles. The molecule has 1 amide bonds. The van der Waals surface area contributed by atoms with Gasteiger partial charge in [0, 0.05) is 10.8 Å². The second-order valence-electron chi connectivity index (χ2n) is 8.00. The molecule has 1 unspecified atom stereocenters. The van der Waals surface area contributed by atoms with Crippen LogP contribution in [-0.2, 0) is 17.0 Å². The smallest absolute Gasteiger partial charge is 0.224 e. The summed E-state index contributed by atoms with van der Waals surface area (Å²) in [6, 6.07) is 22.9. The fourth-order valence-electron chi connectivity index (χ4n) is 3.63. The number of nitrogens with zero attached hydrogens (tertiary/aromatic N) is 3. The SMILES string of the molecule is Cc1cccc(CSc2nnc(C(C)NC(=O)Cc3ccccc3)n2-c2ccc(Cl)cc2Cl)c1. The molecule has 0 spiro atoms. The molecule has 1 heterocycles. The van der Waals surface area contributed by atoms with Crippen LogP contribution in [0.25, 0.3) is 5.69 Å². The first-order valence-electron chi connectivity index (χ1n) is 10.8. The van der Waals surface area contributed by atoms with E-state index in [9.17, 15) is 4.79 Å². The second-order valence-corrected chi connectivity index (χ2v) is 9.79. The summed E-state index contributed by atoms with van der Waals surface area (Å²) in [6.07, 6.45) is 0.288. The van der Waals surface area contributed by atoms with Crippen molar-refractivity contribution >= 4 is 40.9 Å². The Morgan fingerprint density at radius 2 is 1.76 bits per heavy atom. The third-order valence-corrected chi connectivity index (χ3v) is 6.77. The van der Waals surface area contributed by atoms with Gasteiger partial charge in [0.05, 0.1) is 23.2 Å². The maximum absolute atomic E-state index is 12.7. The minimum atomic E-state index is -0.385. The molecule has 8 heteroatoms. The first-order chi connectivity index (χ1) is 16.4. The van der Waals surface area contributed by atoms with Crippen LogP contribution in [0.2, 0.25) is 10.0 Å². The number of hydrogen-bond donors (Lipinski definition) is 1. The van der Waals surface area contributed by atoms with Crippen LogP contribution in [0.4, 0.5) is 0 Å². The minimum absolute atomic E-state index is 0.0931. The van der Waals surface area contributed by atoms with Gasteiger partial charge in [-0.3, -0.25) is 9.36 Å². The van der Waals surface area contributed by atoms with E-state index in [1.165, 1.54) is 11.1 Å².